The van der Waals surface area contributed by atoms with Crippen LogP contribution in [0.15, 0.2) is 72.9 Å². The minimum Gasteiger partial charge on any atom is -0.756 e. The fraction of sp³-hybridized carbons (Fsp3) is 0.827. The maximum atomic E-state index is 13.0. The molecule has 3 atom stereocenters. The minimum atomic E-state index is -4.60. The molecule has 3 unspecified atom stereocenters. The molecule has 492 valence electrons. The maximum Gasteiger partial charge on any atom is 0.268 e. The van der Waals surface area contributed by atoms with Crippen molar-refractivity contribution < 1.29 is 32.9 Å². The number of hydrogen-bond acceptors (Lipinski definition) is 6. The van der Waals surface area contributed by atoms with E-state index in [1.807, 2.05) is 27.2 Å². The molecular formula is C75H141N2O6P. The van der Waals surface area contributed by atoms with Crippen molar-refractivity contribution in [3.8, 4) is 0 Å². The van der Waals surface area contributed by atoms with Gasteiger partial charge in [0.25, 0.3) is 7.82 Å². The second-order valence-corrected chi connectivity index (χ2v) is 27.3. The van der Waals surface area contributed by atoms with Gasteiger partial charge < -0.3 is 28.8 Å². The zero-order valence-electron chi connectivity index (χ0n) is 56.4. The van der Waals surface area contributed by atoms with Crippen molar-refractivity contribution in [2.45, 2.75) is 360 Å². The first-order chi connectivity index (χ1) is 41.0. The number of phosphoric acid groups is 1. The Labute approximate surface area is 523 Å². The number of allylic oxidation sites excluding steroid dienone is 11. The molecule has 84 heavy (non-hydrogen) atoms. The number of nitrogens with one attached hydrogen (secondary N) is 1. The van der Waals surface area contributed by atoms with Gasteiger partial charge in [-0.15, -0.1) is 0 Å². The average molecular weight is 1200 g/mol. The van der Waals surface area contributed by atoms with Gasteiger partial charge in [0.1, 0.15) is 13.2 Å². The molecule has 0 saturated heterocycles. The lowest BCUT2D eigenvalue weighted by molar-refractivity contribution is -0.870. The predicted molar refractivity (Wildman–Crippen MR) is 367 cm³/mol. The molecule has 0 rings (SSSR count). The molecule has 0 heterocycles. The summed E-state index contributed by atoms with van der Waals surface area (Å²) < 4.78 is 23.5. The number of unbranched alkanes of at least 4 members (excludes halogenated alkanes) is 44. The Morgan fingerprint density at radius 2 is 0.726 bits per heavy atom. The van der Waals surface area contributed by atoms with Crippen molar-refractivity contribution in [3.63, 3.8) is 0 Å². The third-order valence-corrected chi connectivity index (χ3v) is 17.4. The lowest BCUT2D eigenvalue weighted by Gasteiger charge is -2.29. The zero-order valence-corrected chi connectivity index (χ0v) is 57.3. The summed E-state index contributed by atoms with van der Waals surface area (Å²) in [5.41, 5.74) is 0. The van der Waals surface area contributed by atoms with Gasteiger partial charge in [0.2, 0.25) is 5.91 Å². The quantitative estimate of drug-likeness (QED) is 0.0272. The van der Waals surface area contributed by atoms with Crippen LogP contribution in [-0.2, 0) is 18.4 Å². The molecule has 8 nitrogen and oxygen atoms in total. The largest absolute Gasteiger partial charge is 0.756 e. The van der Waals surface area contributed by atoms with Crippen LogP contribution in [0.1, 0.15) is 348 Å². The number of aliphatic hydroxyl groups is 1. The first-order valence-corrected chi connectivity index (χ1v) is 37.8. The number of likely N-dealkylation sites (N-methyl/N-ethyl adjacent to an activating group) is 1. The predicted octanol–water partition coefficient (Wildman–Crippen LogP) is 22.7. The highest BCUT2D eigenvalue weighted by molar-refractivity contribution is 7.45. The lowest BCUT2D eigenvalue weighted by atomic mass is 10.0. The van der Waals surface area contributed by atoms with Crippen molar-refractivity contribution in [2.24, 2.45) is 0 Å². The van der Waals surface area contributed by atoms with Gasteiger partial charge in [-0.25, -0.2) is 0 Å². The van der Waals surface area contributed by atoms with Gasteiger partial charge in [0.15, 0.2) is 0 Å². The van der Waals surface area contributed by atoms with E-state index in [1.165, 1.54) is 257 Å². The van der Waals surface area contributed by atoms with Crippen LogP contribution in [0.4, 0.5) is 0 Å². The molecule has 0 aromatic heterocycles. The Morgan fingerprint density at radius 3 is 1.06 bits per heavy atom. The van der Waals surface area contributed by atoms with Gasteiger partial charge in [-0.2, -0.15) is 0 Å². The Kier molecular flexibility index (Phi) is 63.8. The number of rotatable bonds is 67. The molecule has 0 fully saturated rings. The smallest absolute Gasteiger partial charge is 0.268 e. The van der Waals surface area contributed by atoms with Crippen molar-refractivity contribution in [3.05, 3.63) is 72.9 Å². The van der Waals surface area contributed by atoms with E-state index < -0.39 is 20.0 Å². The van der Waals surface area contributed by atoms with Crippen molar-refractivity contribution in [1.82, 2.24) is 5.32 Å². The first-order valence-electron chi connectivity index (χ1n) is 36.3. The van der Waals surface area contributed by atoms with Crippen LogP contribution in [0.5, 0.6) is 0 Å². The average Bonchev–Trinajstić information content (AvgIpc) is 3.56. The van der Waals surface area contributed by atoms with Crippen molar-refractivity contribution in [2.75, 3.05) is 40.9 Å². The van der Waals surface area contributed by atoms with Gasteiger partial charge in [0.05, 0.1) is 39.9 Å². The zero-order chi connectivity index (χ0) is 61.2. The van der Waals surface area contributed by atoms with Gasteiger partial charge in [-0.1, -0.05) is 350 Å². The molecule has 0 aliphatic rings. The summed E-state index contributed by atoms with van der Waals surface area (Å²) >= 11 is 0. The summed E-state index contributed by atoms with van der Waals surface area (Å²) in [7, 11) is 1.27. The second kappa shape index (κ2) is 65.4. The van der Waals surface area contributed by atoms with E-state index in [0.29, 0.717) is 17.4 Å². The number of amides is 1. The van der Waals surface area contributed by atoms with E-state index in [0.717, 1.165) is 70.6 Å². The number of aliphatic hydroxyl groups excluding tert-OH is 1. The van der Waals surface area contributed by atoms with E-state index in [9.17, 15) is 19.4 Å². The van der Waals surface area contributed by atoms with Crippen LogP contribution in [0.2, 0.25) is 0 Å². The lowest BCUT2D eigenvalue weighted by Crippen LogP contribution is -2.45. The molecule has 1 amide bonds. The van der Waals surface area contributed by atoms with Crippen LogP contribution in [0, 0.1) is 0 Å². The summed E-state index contributed by atoms with van der Waals surface area (Å²) in [5.74, 6) is -0.191. The normalized spacial score (nSPS) is 14.0. The van der Waals surface area contributed by atoms with Crippen LogP contribution >= 0.6 is 7.82 Å². The van der Waals surface area contributed by atoms with Crippen LogP contribution in [0.3, 0.4) is 0 Å². The fourth-order valence-corrected chi connectivity index (χ4v) is 11.6. The number of quaternary nitrogens is 1. The highest BCUT2D eigenvalue weighted by atomic mass is 31.2. The number of nitrogens with zero attached hydrogens (tertiary/aromatic N) is 1. The second-order valence-electron chi connectivity index (χ2n) is 25.9. The highest BCUT2D eigenvalue weighted by Gasteiger charge is 2.23. The van der Waals surface area contributed by atoms with Gasteiger partial charge in [-0.05, 0) is 64.2 Å². The summed E-state index contributed by atoms with van der Waals surface area (Å²) in [6.45, 7) is 4.58. The summed E-state index contributed by atoms with van der Waals surface area (Å²) in [4.78, 5) is 25.6. The molecule has 0 spiro atoms. The molecule has 0 aliphatic heterocycles. The van der Waals surface area contributed by atoms with Crippen molar-refractivity contribution >= 4 is 13.7 Å². The molecule has 2 N–H and O–H groups in total. The van der Waals surface area contributed by atoms with E-state index in [2.05, 4.69) is 79.9 Å². The molecular weight excluding hydrogens is 1060 g/mol. The maximum absolute atomic E-state index is 13.0. The molecule has 0 radical (unpaired) electrons. The standard InChI is InChI=1S/C75H141N2O6P/c1-6-8-10-12-14-16-18-20-22-24-26-28-29-30-31-32-33-34-35-36-37-38-39-40-41-42-43-44-45-46-47-49-51-53-55-57-59-61-63-65-67-69-75(79)76-73(72-83-84(80,81)82-71-70-77(3,4)5)74(78)68-66-64-62-60-58-56-54-52-50-48-27-25-23-21-19-17-15-13-11-9-7-2/h8,10,14,16,20,22,26,28,30-31,66,68,73-74,78H,6-7,9,11-13,15,17-19,21,23-25,27,29,32-65,67,69-72H2,1-5H3,(H-,76,79,80,81)/b10-8-,16-14-,22-20-,28-26-,31-30-,68-66+. The van der Waals surface area contributed by atoms with Gasteiger partial charge in [-0.3, -0.25) is 9.36 Å². The Bertz CT molecular complexity index is 1600. The van der Waals surface area contributed by atoms with Crippen LogP contribution < -0.4 is 10.2 Å². The molecule has 0 aromatic carbocycles. The van der Waals surface area contributed by atoms with Gasteiger partial charge >= 0.3 is 0 Å². The molecule has 0 aromatic rings. The van der Waals surface area contributed by atoms with E-state index in [4.69, 9.17) is 9.05 Å². The minimum absolute atomic E-state index is 0.000128. The van der Waals surface area contributed by atoms with Crippen LogP contribution in [0.25, 0.3) is 0 Å². The number of hydrogen-bond donors (Lipinski definition) is 2. The highest BCUT2D eigenvalue weighted by Crippen LogP contribution is 2.38. The van der Waals surface area contributed by atoms with E-state index in [-0.39, 0.29) is 19.1 Å². The monoisotopic (exact) mass is 1200 g/mol. The topological polar surface area (TPSA) is 108 Å². The Hall–Kier alpha value is -2.06. The Balaban J connectivity index is 3.93. The van der Waals surface area contributed by atoms with Gasteiger partial charge in [0, 0.05) is 6.42 Å². The first kappa shape index (κ1) is 81.9. The Morgan fingerprint density at radius 1 is 0.429 bits per heavy atom. The molecule has 0 aliphatic carbocycles. The molecule has 9 heteroatoms. The van der Waals surface area contributed by atoms with E-state index in [1.54, 1.807) is 6.08 Å². The van der Waals surface area contributed by atoms with Crippen molar-refractivity contribution in [1.29, 1.82) is 0 Å². The van der Waals surface area contributed by atoms with Crippen LogP contribution in [-0.4, -0.2) is 68.5 Å². The number of carbonyl (C=O) groups is 1. The number of carbonyl (C=O) groups excluding carboxylic acids is 1. The van der Waals surface area contributed by atoms with E-state index >= 15 is 0 Å². The summed E-state index contributed by atoms with van der Waals surface area (Å²) in [6.07, 6.45) is 91.8. The summed E-state index contributed by atoms with van der Waals surface area (Å²) in [5, 5.41) is 14.0. The molecule has 0 saturated carbocycles. The fourth-order valence-electron chi connectivity index (χ4n) is 10.8. The SMILES string of the molecule is CC/C=C\C/C=C\C/C=C\C/C=C\C/C=C\CCCCCCCCCCCCCCCCCCCCCCCCCCCC(=O)NC(COP(=O)([O-])OCC[N+](C)(C)C)C(O)/C=C/CCCCCCCCCCCCCCCCCCCCC. The summed E-state index contributed by atoms with van der Waals surface area (Å²) in [6, 6.07) is -0.887. The molecule has 0 bridgehead atoms. The third-order valence-electron chi connectivity index (χ3n) is 16.4. The third kappa shape index (κ3) is 67.4. The number of phosphoric ester groups is 1.